The van der Waals surface area contributed by atoms with Crippen molar-refractivity contribution in [2.24, 2.45) is 0 Å². The van der Waals surface area contributed by atoms with Crippen LogP contribution in [0.5, 0.6) is 5.75 Å². The molecule has 0 aromatic heterocycles. The van der Waals surface area contributed by atoms with Gasteiger partial charge in [-0.25, -0.2) is 9.18 Å². The number of nitro groups is 1. The van der Waals surface area contributed by atoms with Gasteiger partial charge in [0.25, 0.3) is 11.6 Å². The zero-order valence-electron chi connectivity index (χ0n) is 15.4. The Morgan fingerprint density at radius 2 is 1.93 bits per heavy atom. The first-order valence-electron chi connectivity index (χ1n) is 8.21. The van der Waals surface area contributed by atoms with E-state index >= 15 is 0 Å². The molecule has 29 heavy (non-hydrogen) atoms. The molecule has 2 aromatic rings. The fraction of sp³-hybridized carbons (Fsp3) is 0.222. The van der Waals surface area contributed by atoms with Gasteiger partial charge < -0.3 is 20.3 Å². The van der Waals surface area contributed by atoms with Crippen molar-refractivity contribution in [1.29, 1.82) is 0 Å². The van der Waals surface area contributed by atoms with Crippen molar-refractivity contribution in [2.45, 2.75) is 19.4 Å². The smallest absolute Gasteiger partial charge is 0.409 e. The van der Waals surface area contributed by atoms with Crippen LogP contribution in [0.25, 0.3) is 0 Å². The topological polar surface area (TPSA) is 151 Å². The lowest BCUT2D eigenvalue weighted by Gasteiger charge is -2.22. The standard InChI is InChI=1S/C18H18FN3O7/c1-10-7-11(3-6-15(10)22(27)28)20-16(23)18(2,26)9-29-12-4-5-14(13(19)8-12)21-17(24)25/h3-8,21,26H,9H2,1-2H3,(H,20,23)(H,24,25). The average molecular weight is 407 g/mol. The maximum Gasteiger partial charge on any atom is 0.409 e. The molecule has 0 fully saturated rings. The predicted molar refractivity (Wildman–Crippen MR) is 101 cm³/mol. The zero-order chi connectivity index (χ0) is 21.8. The molecule has 2 amide bonds. The molecule has 2 aromatic carbocycles. The van der Waals surface area contributed by atoms with Crippen molar-refractivity contribution in [3.63, 3.8) is 0 Å². The van der Waals surface area contributed by atoms with Crippen LogP contribution in [-0.4, -0.2) is 39.3 Å². The van der Waals surface area contributed by atoms with Gasteiger partial charge in [-0.1, -0.05) is 0 Å². The van der Waals surface area contributed by atoms with Gasteiger partial charge in [0, 0.05) is 23.4 Å². The largest absolute Gasteiger partial charge is 0.490 e. The van der Waals surface area contributed by atoms with Gasteiger partial charge in [-0.3, -0.25) is 20.2 Å². The SMILES string of the molecule is Cc1cc(NC(=O)C(C)(O)COc2ccc(NC(=O)O)c(F)c2)ccc1[N+](=O)[O-]. The van der Waals surface area contributed by atoms with Crippen molar-refractivity contribution in [3.8, 4) is 5.75 Å². The van der Waals surface area contributed by atoms with E-state index in [-0.39, 0.29) is 22.8 Å². The molecule has 4 N–H and O–H groups in total. The predicted octanol–water partition coefficient (Wildman–Crippen LogP) is 2.90. The van der Waals surface area contributed by atoms with Crippen LogP contribution in [0.1, 0.15) is 12.5 Å². The van der Waals surface area contributed by atoms with Crippen LogP contribution in [0.3, 0.4) is 0 Å². The summed E-state index contributed by atoms with van der Waals surface area (Å²) in [5.74, 6) is -1.76. The van der Waals surface area contributed by atoms with Crippen LogP contribution in [-0.2, 0) is 4.79 Å². The summed E-state index contributed by atoms with van der Waals surface area (Å²) in [5.41, 5.74) is -1.82. The Morgan fingerprint density at radius 3 is 2.48 bits per heavy atom. The van der Waals surface area contributed by atoms with Crippen LogP contribution >= 0.6 is 0 Å². The van der Waals surface area contributed by atoms with Crippen LogP contribution < -0.4 is 15.4 Å². The van der Waals surface area contributed by atoms with E-state index in [0.717, 1.165) is 12.1 Å². The number of aryl methyl sites for hydroxylation is 1. The third-order valence-electron chi connectivity index (χ3n) is 3.84. The summed E-state index contributed by atoms with van der Waals surface area (Å²) >= 11 is 0. The molecule has 10 nitrogen and oxygen atoms in total. The van der Waals surface area contributed by atoms with Crippen molar-refractivity contribution in [3.05, 3.63) is 57.9 Å². The molecular formula is C18H18FN3O7. The van der Waals surface area contributed by atoms with E-state index in [1.165, 1.54) is 38.1 Å². The molecule has 154 valence electrons. The maximum absolute atomic E-state index is 13.8. The Labute approximate surface area is 164 Å². The van der Waals surface area contributed by atoms with E-state index in [9.17, 15) is 29.2 Å². The van der Waals surface area contributed by atoms with Crippen LogP contribution in [0, 0.1) is 22.9 Å². The van der Waals surface area contributed by atoms with Crippen LogP contribution in [0.15, 0.2) is 36.4 Å². The highest BCUT2D eigenvalue weighted by atomic mass is 19.1. The molecule has 0 saturated carbocycles. The molecule has 2 rings (SSSR count). The third kappa shape index (κ3) is 5.62. The second kappa shape index (κ2) is 8.52. The third-order valence-corrected chi connectivity index (χ3v) is 3.84. The van der Waals surface area contributed by atoms with E-state index in [1.54, 1.807) is 0 Å². The fourth-order valence-corrected chi connectivity index (χ4v) is 2.30. The van der Waals surface area contributed by atoms with Crippen molar-refractivity contribution < 1.29 is 33.9 Å². The lowest BCUT2D eigenvalue weighted by atomic mass is 10.1. The van der Waals surface area contributed by atoms with Gasteiger partial charge in [0.05, 0.1) is 10.6 Å². The normalized spacial score (nSPS) is 12.6. The van der Waals surface area contributed by atoms with Gasteiger partial charge in [0.15, 0.2) is 11.4 Å². The quantitative estimate of drug-likeness (QED) is 0.407. The highest BCUT2D eigenvalue weighted by molar-refractivity contribution is 5.97. The number of nitrogens with zero attached hydrogens (tertiary/aromatic N) is 1. The second-order valence-corrected chi connectivity index (χ2v) is 6.35. The number of carbonyl (C=O) groups is 2. The lowest BCUT2D eigenvalue weighted by molar-refractivity contribution is -0.385. The zero-order valence-corrected chi connectivity index (χ0v) is 15.4. The van der Waals surface area contributed by atoms with Gasteiger partial charge in [-0.2, -0.15) is 0 Å². The number of nitrogens with one attached hydrogen (secondary N) is 2. The number of hydrogen-bond donors (Lipinski definition) is 4. The number of benzene rings is 2. The molecule has 0 bridgehead atoms. The van der Waals surface area contributed by atoms with Gasteiger partial charge in [-0.05, 0) is 38.1 Å². The molecule has 0 aliphatic heterocycles. The number of hydrogen-bond acceptors (Lipinski definition) is 6. The Bertz CT molecular complexity index is 962. The Balaban J connectivity index is 2.02. The van der Waals surface area contributed by atoms with Gasteiger partial charge in [0.2, 0.25) is 0 Å². The van der Waals surface area contributed by atoms with E-state index in [4.69, 9.17) is 9.84 Å². The Morgan fingerprint density at radius 1 is 1.24 bits per heavy atom. The first kappa shape index (κ1) is 21.6. The molecule has 11 heteroatoms. The number of ether oxygens (including phenoxy) is 1. The average Bonchev–Trinajstić information content (AvgIpc) is 2.61. The maximum atomic E-state index is 13.8. The van der Waals surface area contributed by atoms with Crippen LogP contribution in [0.2, 0.25) is 0 Å². The molecule has 0 aliphatic carbocycles. The fourth-order valence-electron chi connectivity index (χ4n) is 2.30. The summed E-state index contributed by atoms with van der Waals surface area (Å²) in [6.07, 6.45) is -1.43. The molecule has 0 spiro atoms. The summed E-state index contributed by atoms with van der Waals surface area (Å²) in [6.45, 7) is 2.15. The van der Waals surface area contributed by atoms with E-state index < -0.39 is 34.9 Å². The summed E-state index contributed by atoms with van der Waals surface area (Å²) in [6, 6.07) is 7.24. The molecule has 0 saturated heterocycles. The number of aliphatic hydroxyl groups is 1. The number of nitro benzene ring substituents is 1. The van der Waals surface area contributed by atoms with Crippen molar-refractivity contribution in [1.82, 2.24) is 0 Å². The van der Waals surface area contributed by atoms with Gasteiger partial charge >= 0.3 is 6.09 Å². The summed E-state index contributed by atoms with van der Waals surface area (Å²) in [7, 11) is 0. The molecule has 1 unspecified atom stereocenters. The Hall–Kier alpha value is -3.73. The second-order valence-electron chi connectivity index (χ2n) is 6.35. The Kier molecular flexibility index (Phi) is 6.34. The van der Waals surface area contributed by atoms with Gasteiger partial charge in [0.1, 0.15) is 12.4 Å². The number of amides is 2. The monoisotopic (exact) mass is 407 g/mol. The number of anilines is 2. The minimum atomic E-state index is -2.01. The summed E-state index contributed by atoms with van der Waals surface area (Å²) < 4.78 is 19.0. The minimum Gasteiger partial charge on any atom is -0.490 e. The highest BCUT2D eigenvalue weighted by Gasteiger charge is 2.32. The minimum absolute atomic E-state index is 0.0299. The molecule has 0 radical (unpaired) electrons. The summed E-state index contributed by atoms with van der Waals surface area (Å²) in [5, 5.41) is 34.0. The number of carbonyl (C=O) groups excluding carboxylic acids is 1. The first-order chi connectivity index (χ1) is 13.5. The summed E-state index contributed by atoms with van der Waals surface area (Å²) in [4.78, 5) is 33.1. The molecule has 0 aliphatic rings. The lowest BCUT2D eigenvalue weighted by Crippen LogP contribution is -2.45. The van der Waals surface area contributed by atoms with Gasteiger partial charge in [-0.15, -0.1) is 0 Å². The number of carboxylic acid groups (broad SMARTS) is 1. The number of halogens is 1. The van der Waals surface area contributed by atoms with E-state index in [0.29, 0.717) is 5.56 Å². The van der Waals surface area contributed by atoms with Crippen molar-refractivity contribution in [2.75, 3.05) is 17.2 Å². The molecular weight excluding hydrogens is 389 g/mol. The molecule has 0 heterocycles. The highest BCUT2D eigenvalue weighted by Crippen LogP contribution is 2.24. The molecule has 1 atom stereocenters. The number of rotatable bonds is 7. The van der Waals surface area contributed by atoms with Crippen LogP contribution in [0.4, 0.5) is 26.2 Å². The van der Waals surface area contributed by atoms with Crippen molar-refractivity contribution >= 4 is 29.1 Å². The van der Waals surface area contributed by atoms with E-state index in [2.05, 4.69) is 5.32 Å². The first-order valence-corrected chi connectivity index (χ1v) is 8.21. The van der Waals surface area contributed by atoms with E-state index in [1.807, 2.05) is 5.32 Å².